The van der Waals surface area contributed by atoms with E-state index in [-0.39, 0.29) is 17.9 Å². The van der Waals surface area contributed by atoms with Crippen LogP contribution in [0.2, 0.25) is 0 Å². The molecule has 0 aliphatic rings. The van der Waals surface area contributed by atoms with Gasteiger partial charge in [-0.25, -0.2) is 19.7 Å². The number of hydrogen-bond acceptors (Lipinski definition) is 4. The molecule has 2 aromatic heterocycles. The fourth-order valence-electron chi connectivity index (χ4n) is 1.31. The van der Waals surface area contributed by atoms with Crippen LogP contribution in [0.25, 0.3) is 5.65 Å². The molecule has 0 unspecified atom stereocenters. The molecule has 0 spiro atoms. The molecule has 0 aromatic carbocycles. The van der Waals surface area contributed by atoms with Crippen LogP contribution in [0.3, 0.4) is 0 Å². The highest BCUT2D eigenvalue weighted by atomic mass is 17.2. The third kappa shape index (κ3) is 2.92. The molecular weight excluding hydrogens is 222 g/mol. The van der Waals surface area contributed by atoms with Gasteiger partial charge in [-0.1, -0.05) is 6.07 Å². The maximum absolute atomic E-state index is 11.3. The molecule has 1 N–H and O–H groups in total. The Labute approximate surface area is 98.1 Å². The highest BCUT2D eigenvalue weighted by Crippen LogP contribution is 2.10. The second kappa shape index (κ2) is 4.31. The van der Waals surface area contributed by atoms with Crippen LogP contribution in [0.5, 0.6) is 0 Å². The smallest absolute Gasteiger partial charge is 0.250 e. The van der Waals surface area contributed by atoms with Gasteiger partial charge in [-0.05, 0) is 32.4 Å². The largest absolute Gasteiger partial charge is 0.347 e. The summed E-state index contributed by atoms with van der Waals surface area (Å²) in [7, 11) is 0. The first-order chi connectivity index (χ1) is 7.96. The third-order valence-electron chi connectivity index (χ3n) is 2.01. The number of pyridine rings is 1. The lowest BCUT2D eigenvalue weighted by molar-refractivity contribution is -0.356. The van der Waals surface area contributed by atoms with Gasteiger partial charge < -0.3 is 0 Å². The summed E-state index contributed by atoms with van der Waals surface area (Å²) in [4.78, 5) is 21.6. The lowest BCUT2D eigenvalue weighted by Gasteiger charge is -2.17. The highest BCUT2D eigenvalue weighted by Gasteiger charge is 2.11. The van der Waals surface area contributed by atoms with Crippen LogP contribution < -0.4 is 5.69 Å². The predicted octanol–water partition coefficient (Wildman–Crippen LogP) is 1.27. The second-order valence-electron chi connectivity index (χ2n) is 4.75. The van der Waals surface area contributed by atoms with E-state index in [4.69, 9.17) is 9.78 Å². The van der Waals surface area contributed by atoms with E-state index in [1.807, 2.05) is 26.8 Å². The van der Waals surface area contributed by atoms with E-state index in [1.54, 1.807) is 12.3 Å². The van der Waals surface area contributed by atoms with Crippen molar-refractivity contribution in [3.05, 3.63) is 34.4 Å². The molecule has 0 aliphatic carbocycles. The first-order valence-corrected chi connectivity index (χ1v) is 5.32. The van der Waals surface area contributed by atoms with Gasteiger partial charge >= 0.3 is 5.69 Å². The van der Waals surface area contributed by atoms with Crippen molar-refractivity contribution >= 4 is 5.65 Å². The molecule has 0 bridgehead atoms. The van der Waals surface area contributed by atoms with Crippen LogP contribution in [0.15, 0.2) is 23.1 Å². The van der Waals surface area contributed by atoms with Crippen molar-refractivity contribution in [3.8, 4) is 0 Å². The van der Waals surface area contributed by atoms with Crippen LogP contribution >= 0.6 is 0 Å². The molecule has 0 aliphatic heterocycles. The van der Waals surface area contributed by atoms with E-state index in [9.17, 15) is 4.79 Å². The molecule has 2 aromatic rings. The maximum Gasteiger partial charge on any atom is 0.347 e. The first-order valence-electron chi connectivity index (χ1n) is 5.32. The van der Waals surface area contributed by atoms with Gasteiger partial charge in [0.25, 0.3) is 0 Å². The van der Waals surface area contributed by atoms with Gasteiger partial charge in [0.05, 0.1) is 5.60 Å². The predicted molar refractivity (Wildman–Crippen MR) is 61.4 cm³/mol. The Hall–Kier alpha value is -1.66. The van der Waals surface area contributed by atoms with Gasteiger partial charge in [0, 0.05) is 6.20 Å². The highest BCUT2D eigenvalue weighted by molar-refractivity contribution is 5.37. The average molecular weight is 237 g/mol. The number of hydrogen-bond donors (Lipinski definition) is 1. The van der Waals surface area contributed by atoms with E-state index in [2.05, 4.69) is 10.2 Å². The lowest BCUT2D eigenvalue weighted by Crippen LogP contribution is -2.19. The molecule has 6 heteroatoms. The molecule has 0 radical (unpaired) electrons. The molecule has 92 valence electrons. The van der Waals surface area contributed by atoms with Crippen molar-refractivity contribution in [2.24, 2.45) is 0 Å². The van der Waals surface area contributed by atoms with Gasteiger partial charge in [-0.3, -0.25) is 4.40 Å². The Morgan fingerprint density at radius 3 is 2.88 bits per heavy atom. The van der Waals surface area contributed by atoms with Gasteiger partial charge in [0.15, 0.2) is 5.65 Å². The Morgan fingerprint density at radius 2 is 2.18 bits per heavy atom. The van der Waals surface area contributed by atoms with Crippen molar-refractivity contribution in [1.29, 1.82) is 0 Å². The van der Waals surface area contributed by atoms with Crippen LogP contribution in [0.1, 0.15) is 26.3 Å². The summed E-state index contributed by atoms with van der Waals surface area (Å²) in [5.41, 5.74) is 0.802. The summed E-state index contributed by atoms with van der Waals surface area (Å²) in [6, 6.07) is 3.58. The quantitative estimate of drug-likeness (QED) is 0.644. The number of fused-ring (bicyclic) bond motifs is 1. The Bertz CT molecular complexity index is 565. The van der Waals surface area contributed by atoms with Crippen LogP contribution in [0.4, 0.5) is 0 Å². The molecule has 0 saturated heterocycles. The molecule has 0 atom stereocenters. The summed E-state index contributed by atoms with van der Waals surface area (Å²) >= 11 is 0. The minimum atomic E-state index is -0.351. The van der Waals surface area contributed by atoms with Crippen molar-refractivity contribution < 1.29 is 9.78 Å². The molecule has 2 rings (SSSR count). The number of H-pyrrole nitrogens is 1. The van der Waals surface area contributed by atoms with E-state index in [0.29, 0.717) is 5.65 Å². The molecule has 0 saturated carbocycles. The van der Waals surface area contributed by atoms with E-state index in [1.165, 1.54) is 4.40 Å². The second-order valence-corrected chi connectivity index (χ2v) is 4.75. The molecular formula is C11H15N3O3. The summed E-state index contributed by atoms with van der Waals surface area (Å²) < 4.78 is 1.43. The Kier molecular flexibility index (Phi) is 2.99. The van der Waals surface area contributed by atoms with Crippen molar-refractivity contribution in [2.45, 2.75) is 33.0 Å². The molecule has 2 heterocycles. The third-order valence-corrected chi connectivity index (χ3v) is 2.01. The first kappa shape index (κ1) is 11.8. The fourth-order valence-corrected chi connectivity index (χ4v) is 1.31. The fraction of sp³-hybridized carbons (Fsp3) is 0.455. The number of aromatic nitrogens is 3. The summed E-state index contributed by atoms with van der Waals surface area (Å²) in [5, 5.41) is 6.20. The summed E-state index contributed by atoms with van der Waals surface area (Å²) in [6.07, 6.45) is 1.67. The monoisotopic (exact) mass is 237 g/mol. The Morgan fingerprint density at radius 1 is 1.41 bits per heavy atom. The van der Waals surface area contributed by atoms with Crippen LogP contribution in [-0.4, -0.2) is 20.2 Å². The molecule has 6 nitrogen and oxygen atoms in total. The average Bonchev–Trinajstić information content (AvgIpc) is 2.59. The number of nitrogens with zero attached hydrogens (tertiary/aromatic N) is 2. The van der Waals surface area contributed by atoms with Gasteiger partial charge in [-0.2, -0.15) is 5.10 Å². The summed E-state index contributed by atoms with van der Waals surface area (Å²) in [5.74, 6) is 0. The van der Waals surface area contributed by atoms with Gasteiger partial charge in [-0.15, -0.1) is 0 Å². The molecule has 17 heavy (non-hydrogen) atoms. The zero-order valence-corrected chi connectivity index (χ0v) is 10.1. The lowest BCUT2D eigenvalue weighted by atomic mass is 10.2. The zero-order chi connectivity index (χ0) is 12.5. The van der Waals surface area contributed by atoms with Crippen molar-refractivity contribution in [1.82, 2.24) is 14.6 Å². The topological polar surface area (TPSA) is 68.6 Å². The van der Waals surface area contributed by atoms with Gasteiger partial charge in [0.2, 0.25) is 0 Å². The Balaban J connectivity index is 2.09. The number of aromatic amines is 1. The molecule has 0 fully saturated rings. The van der Waals surface area contributed by atoms with Crippen molar-refractivity contribution in [3.63, 3.8) is 0 Å². The standard InChI is InChI=1S/C11H15N3O3/c1-11(2,3)17-16-7-8-4-5-9-12-13-10(15)14(9)6-8/h4-6H,7H2,1-3H3,(H,13,15). The molecule has 0 amide bonds. The number of nitrogens with one attached hydrogen (secondary N) is 1. The summed E-state index contributed by atoms with van der Waals surface area (Å²) in [6.45, 7) is 5.98. The minimum Gasteiger partial charge on any atom is -0.250 e. The maximum atomic E-state index is 11.3. The SMILES string of the molecule is CC(C)(C)OOCc1ccc2n[nH]c(=O)n2c1. The van der Waals surface area contributed by atoms with Crippen LogP contribution in [0, 0.1) is 0 Å². The minimum absolute atomic E-state index is 0.265. The number of rotatable bonds is 3. The van der Waals surface area contributed by atoms with E-state index in [0.717, 1.165) is 5.56 Å². The van der Waals surface area contributed by atoms with Gasteiger partial charge in [0.1, 0.15) is 6.61 Å². The zero-order valence-electron chi connectivity index (χ0n) is 10.1. The van der Waals surface area contributed by atoms with E-state index < -0.39 is 0 Å². The van der Waals surface area contributed by atoms with Crippen LogP contribution in [-0.2, 0) is 16.4 Å². The van der Waals surface area contributed by atoms with E-state index >= 15 is 0 Å². The van der Waals surface area contributed by atoms with Crippen molar-refractivity contribution in [2.75, 3.05) is 0 Å². The normalized spacial score (nSPS) is 12.2.